The Hall–Kier alpha value is -3.80. The lowest BCUT2D eigenvalue weighted by atomic mass is 10.0. The molecule has 4 heterocycles. The minimum Gasteiger partial charge on any atom is -0.296 e. The van der Waals surface area contributed by atoms with Crippen LogP contribution in [0.5, 0.6) is 0 Å². The van der Waals surface area contributed by atoms with Crippen LogP contribution in [0.3, 0.4) is 0 Å². The molecule has 0 saturated carbocycles. The van der Waals surface area contributed by atoms with E-state index in [0.29, 0.717) is 5.39 Å². The molecule has 30 heavy (non-hydrogen) atoms. The van der Waals surface area contributed by atoms with Crippen LogP contribution in [0.15, 0.2) is 59.7 Å². The second-order valence-corrected chi connectivity index (χ2v) is 7.72. The minimum atomic E-state index is -0.0412. The van der Waals surface area contributed by atoms with E-state index in [0.717, 1.165) is 50.5 Å². The largest absolute Gasteiger partial charge is 0.296 e. The molecule has 0 saturated heterocycles. The zero-order valence-electron chi connectivity index (χ0n) is 17.3. The van der Waals surface area contributed by atoms with E-state index in [1.807, 2.05) is 67.0 Å². The predicted molar refractivity (Wildman–Crippen MR) is 119 cm³/mol. The summed E-state index contributed by atoms with van der Waals surface area (Å²) in [6, 6.07) is 13.8. The van der Waals surface area contributed by atoms with Gasteiger partial charge in [0.05, 0.1) is 16.6 Å². The van der Waals surface area contributed by atoms with Gasteiger partial charge in [0.2, 0.25) is 0 Å². The zero-order valence-corrected chi connectivity index (χ0v) is 17.3. The number of nitrogens with zero attached hydrogens (tertiary/aromatic N) is 5. The summed E-state index contributed by atoms with van der Waals surface area (Å²) in [5.74, 6) is 0. The van der Waals surface area contributed by atoms with Crippen molar-refractivity contribution in [2.75, 3.05) is 0 Å². The summed E-state index contributed by atoms with van der Waals surface area (Å²) in [5, 5.41) is 5.50. The second-order valence-electron chi connectivity index (χ2n) is 7.72. The highest BCUT2D eigenvalue weighted by Crippen LogP contribution is 2.27. The molecule has 0 spiro atoms. The first-order valence-corrected chi connectivity index (χ1v) is 9.81. The van der Waals surface area contributed by atoms with Crippen LogP contribution in [0.25, 0.3) is 38.9 Å². The third kappa shape index (κ3) is 2.80. The summed E-state index contributed by atoms with van der Waals surface area (Å²) in [4.78, 5) is 21.7. The summed E-state index contributed by atoms with van der Waals surface area (Å²) in [6.07, 6.45) is 3.64. The lowest BCUT2D eigenvalue weighted by molar-refractivity contribution is 0.850. The predicted octanol–water partition coefficient (Wildman–Crippen LogP) is 4.24. The molecule has 0 fully saturated rings. The van der Waals surface area contributed by atoms with Gasteiger partial charge in [-0.05, 0) is 62.2 Å². The summed E-state index contributed by atoms with van der Waals surface area (Å²) < 4.78 is 3.50. The Morgan fingerprint density at radius 2 is 1.67 bits per heavy atom. The van der Waals surface area contributed by atoms with Crippen LogP contribution >= 0.6 is 0 Å². The Morgan fingerprint density at radius 3 is 2.40 bits per heavy atom. The van der Waals surface area contributed by atoms with Gasteiger partial charge in [0.1, 0.15) is 5.65 Å². The number of aryl methyl sites for hydroxylation is 4. The standard InChI is InChI=1S/C24H21N5O/c1-14-7-8-25-13-20(14)17-5-6-19-22(11-17)29-23(28(4)24(19)30)12-21(27-29)18-9-15(2)26-16(3)10-18/h5-13H,1-4H3. The van der Waals surface area contributed by atoms with Crippen LogP contribution in [0.2, 0.25) is 0 Å². The summed E-state index contributed by atoms with van der Waals surface area (Å²) in [7, 11) is 1.78. The molecule has 1 aromatic carbocycles. The van der Waals surface area contributed by atoms with Crippen molar-refractivity contribution in [2.24, 2.45) is 7.05 Å². The van der Waals surface area contributed by atoms with Gasteiger partial charge in [-0.25, -0.2) is 4.52 Å². The lowest BCUT2D eigenvalue weighted by Crippen LogP contribution is -2.19. The zero-order chi connectivity index (χ0) is 21.0. The van der Waals surface area contributed by atoms with Crippen LogP contribution in [0.1, 0.15) is 17.0 Å². The minimum absolute atomic E-state index is 0.0412. The highest BCUT2D eigenvalue weighted by Gasteiger charge is 2.15. The first kappa shape index (κ1) is 18.2. The summed E-state index contributed by atoms with van der Waals surface area (Å²) in [5.41, 5.74) is 8.35. The summed E-state index contributed by atoms with van der Waals surface area (Å²) in [6.45, 7) is 6.00. The van der Waals surface area contributed by atoms with Gasteiger partial charge in [-0.1, -0.05) is 6.07 Å². The molecule has 0 aliphatic carbocycles. The van der Waals surface area contributed by atoms with Gasteiger partial charge < -0.3 is 0 Å². The molecule has 0 atom stereocenters. The van der Waals surface area contributed by atoms with Crippen LogP contribution in [0.4, 0.5) is 0 Å². The molecule has 6 nitrogen and oxygen atoms in total. The van der Waals surface area contributed by atoms with Gasteiger partial charge in [-0.2, -0.15) is 5.10 Å². The van der Waals surface area contributed by atoms with Gasteiger partial charge in [0.25, 0.3) is 5.56 Å². The number of hydrogen-bond donors (Lipinski definition) is 0. The van der Waals surface area contributed by atoms with E-state index in [-0.39, 0.29) is 5.56 Å². The highest BCUT2D eigenvalue weighted by atomic mass is 16.1. The monoisotopic (exact) mass is 395 g/mol. The Labute approximate surface area is 173 Å². The molecule has 148 valence electrons. The van der Waals surface area contributed by atoms with Gasteiger partial charge in [-0.15, -0.1) is 0 Å². The molecule has 0 unspecified atom stereocenters. The van der Waals surface area contributed by atoms with Crippen LogP contribution < -0.4 is 5.56 Å². The number of aromatic nitrogens is 5. The molecule has 4 aromatic heterocycles. The van der Waals surface area contributed by atoms with Gasteiger partial charge in [0, 0.05) is 48.0 Å². The van der Waals surface area contributed by atoms with E-state index >= 15 is 0 Å². The molecule has 6 heteroatoms. The van der Waals surface area contributed by atoms with Crippen molar-refractivity contribution in [3.8, 4) is 22.4 Å². The Bertz CT molecular complexity index is 1490. The van der Waals surface area contributed by atoms with Crippen molar-refractivity contribution in [1.29, 1.82) is 0 Å². The molecule has 0 bridgehead atoms. The topological polar surface area (TPSA) is 65.1 Å². The fourth-order valence-corrected chi connectivity index (χ4v) is 4.02. The van der Waals surface area contributed by atoms with Crippen molar-refractivity contribution in [1.82, 2.24) is 24.1 Å². The SMILES string of the molecule is Cc1cc(-c2cc3n(C)c(=O)c4ccc(-c5cnccc5C)cc4n3n2)cc(C)n1. The number of fused-ring (bicyclic) bond motifs is 3. The third-order valence-electron chi connectivity index (χ3n) is 5.52. The molecule has 0 aliphatic heterocycles. The average molecular weight is 395 g/mol. The quantitative estimate of drug-likeness (QED) is 0.449. The first-order valence-electron chi connectivity index (χ1n) is 9.81. The molecule has 5 aromatic rings. The number of rotatable bonds is 2. The van der Waals surface area contributed by atoms with E-state index in [9.17, 15) is 4.79 Å². The molecular formula is C24H21N5O. The van der Waals surface area contributed by atoms with Gasteiger partial charge >= 0.3 is 0 Å². The Morgan fingerprint density at radius 1 is 0.900 bits per heavy atom. The third-order valence-corrected chi connectivity index (χ3v) is 5.52. The molecule has 0 amide bonds. The number of hydrogen-bond acceptors (Lipinski definition) is 4. The van der Waals surface area contributed by atoms with E-state index in [2.05, 4.69) is 16.9 Å². The average Bonchev–Trinajstić information content (AvgIpc) is 3.17. The smallest absolute Gasteiger partial charge is 0.261 e. The fourth-order valence-electron chi connectivity index (χ4n) is 4.02. The maximum absolute atomic E-state index is 13.0. The molecule has 5 rings (SSSR count). The first-order chi connectivity index (χ1) is 14.4. The van der Waals surface area contributed by atoms with Crippen LogP contribution in [-0.4, -0.2) is 24.1 Å². The second kappa shape index (κ2) is 6.62. The highest BCUT2D eigenvalue weighted by molar-refractivity contribution is 5.86. The molecule has 0 radical (unpaired) electrons. The van der Waals surface area contributed by atoms with Gasteiger partial charge in [-0.3, -0.25) is 19.3 Å². The van der Waals surface area contributed by atoms with Crippen molar-refractivity contribution < 1.29 is 0 Å². The fraction of sp³-hybridized carbons (Fsp3) is 0.167. The van der Waals surface area contributed by atoms with Crippen molar-refractivity contribution in [3.05, 3.63) is 82.2 Å². The molecule has 0 N–H and O–H groups in total. The molecule has 0 aliphatic rings. The Kier molecular flexibility index (Phi) is 4.03. The van der Waals surface area contributed by atoms with E-state index < -0.39 is 0 Å². The van der Waals surface area contributed by atoms with Crippen molar-refractivity contribution in [2.45, 2.75) is 20.8 Å². The normalized spacial score (nSPS) is 11.5. The maximum atomic E-state index is 13.0. The van der Waals surface area contributed by atoms with Crippen LogP contribution in [-0.2, 0) is 7.05 Å². The van der Waals surface area contributed by atoms with E-state index in [4.69, 9.17) is 5.10 Å². The van der Waals surface area contributed by atoms with E-state index in [1.54, 1.807) is 17.8 Å². The van der Waals surface area contributed by atoms with E-state index in [1.165, 1.54) is 0 Å². The molecular weight excluding hydrogens is 374 g/mol. The van der Waals surface area contributed by atoms with Crippen molar-refractivity contribution >= 4 is 16.6 Å². The lowest BCUT2D eigenvalue weighted by Gasteiger charge is -2.09. The van der Waals surface area contributed by atoms with Crippen molar-refractivity contribution in [3.63, 3.8) is 0 Å². The number of pyridine rings is 2. The van der Waals surface area contributed by atoms with Gasteiger partial charge in [0.15, 0.2) is 0 Å². The maximum Gasteiger partial charge on any atom is 0.261 e. The Balaban J connectivity index is 1.82. The van der Waals surface area contributed by atoms with Crippen LogP contribution in [0, 0.1) is 20.8 Å². The summed E-state index contributed by atoms with van der Waals surface area (Å²) >= 11 is 0. The number of benzene rings is 1.